The second kappa shape index (κ2) is 9.07. The van der Waals surface area contributed by atoms with Gasteiger partial charge in [-0.25, -0.2) is 0 Å². The van der Waals surface area contributed by atoms with Gasteiger partial charge in [-0.1, -0.05) is 23.7 Å². The number of benzene rings is 2. The summed E-state index contributed by atoms with van der Waals surface area (Å²) >= 11 is 9.45. The monoisotopic (exact) mass is 422 g/mol. The van der Waals surface area contributed by atoms with Gasteiger partial charge in [0, 0.05) is 57.1 Å². The summed E-state index contributed by atoms with van der Waals surface area (Å²) in [5, 5.41) is 11.0. The van der Waals surface area contributed by atoms with E-state index in [9.17, 15) is 0 Å². The van der Waals surface area contributed by atoms with E-state index in [2.05, 4.69) is 51.3 Å². The molecule has 5 rings (SSSR count). The minimum Gasteiger partial charge on any atom is -0.368 e. The van der Waals surface area contributed by atoms with Crippen molar-refractivity contribution >= 4 is 72.5 Å². The Kier molecular flexibility index (Phi) is 6.79. The molecule has 0 aliphatic carbocycles. The van der Waals surface area contributed by atoms with Crippen LogP contribution in [-0.2, 0) is 0 Å². The van der Waals surface area contributed by atoms with Gasteiger partial charge < -0.3 is 10.2 Å². The first-order chi connectivity index (χ1) is 12.3. The van der Waals surface area contributed by atoms with Gasteiger partial charge in [0.15, 0.2) is 0 Å². The van der Waals surface area contributed by atoms with Crippen LogP contribution in [0.4, 0.5) is 5.69 Å². The summed E-state index contributed by atoms with van der Waals surface area (Å²) in [6.45, 7) is 4.44. The zero-order valence-electron chi connectivity index (χ0n) is 14.2. The zero-order chi connectivity index (χ0) is 17.1. The average Bonchev–Trinajstić information content (AvgIpc) is 3.32. The van der Waals surface area contributed by atoms with Crippen LogP contribution in [0.2, 0.25) is 5.02 Å². The molecular weight excluding hydrogens is 403 g/mol. The lowest BCUT2D eigenvalue weighted by Crippen LogP contribution is -2.43. The zero-order valence-corrected chi connectivity index (χ0v) is 17.4. The van der Waals surface area contributed by atoms with Crippen LogP contribution in [-0.4, -0.2) is 26.2 Å². The molecule has 0 amide bonds. The van der Waals surface area contributed by atoms with Crippen LogP contribution < -0.4 is 10.2 Å². The molecule has 2 nitrogen and oxygen atoms in total. The fourth-order valence-corrected chi connectivity index (χ4v) is 5.03. The molecule has 1 fully saturated rings. The highest BCUT2D eigenvalue weighted by Gasteiger charge is 2.12. The third-order valence-corrected chi connectivity index (χ3v) is 6.47. The molecule has 1 N–H and O–H groups in total. The number of anilines is 1. The summed E-state index contributed by atoms with van der Waals surface area (Å²) in [6, 6.07) is 16.8. The van der Waals surface area contributed by atoms with Gasteiger partial charge in [0.2, 0.25) is 0 Å². The fraction of sp³-hybridized carbons (Fsp3) is 0.200. The Bertz CT molecular complexity index is 974. The third-order valence-electron chi connectivity index (χ3n) is 4.37. The first kappa shape index (κ1) is 19.5. The number of piperazine rings is 1. The van der Waals surface area contributed by atoms with Crippen LogP contribution in [0.25, 0.3) is 20.2 Å². The van der Waals surface area contributed by atoms with Gasteiger partial charge in [0.05, 0.1) is 0 Å². The molecule has 2 aromatic heterocycles. The summed E-state index contributed by atoms with van der Waals surface area (Å²) in [5.41, 5.74) is 1.40. The van der Waals surface area contributed by atoms with E-state index in [-0.39, 0.29) is 12.4 Å². The van der Waals surface area contributed by atoms with Gasteiger partial charge in [0.25, 0.3) is 0 Å². The summed E-state index contributed by atoms with van der Waals surface area (Å²) in [6.07, 6.45) is 0. The van der Waals surface area contributed by atoms with Crippen molar-refractivity contribution in [2.45, 2.75) is 0 Å². The van der Waals surface area contributed by atoms with Crippen molar-refractivity contribution < 1.29 is 0 Å². The third kappa shape index (κ3) is 4.16. The predicted octanol–water partition coefficient (Wildman–Crippen LogP) is 6.29. The van der Waals surface area contributed by atoms with Crippen LogP contribution in [0.1, 0.15) is 0 Å². The van der Waals surface area contributed by atoms with Crippen molar-refractivity contribution in [3.63, 3.8) is 0 Å². The van der Waals surface area contributed by atoms with Gasteiger partial charge >= 0.3 is 0 Å². The maximum absolute atomic E-state index is 5.91. The molecule has 0 saturated carbocycles. The molecule has 0 atom stereocenters. The molecule has 1 saturated heterocycles. The molecule has 0 unspecified atom stereocenters. The Morgan fingerprint density at radius 2 is 1.42 bits per heavy atom. The summed E-state index contributed by atoms with van der Waals surface area (Å²) in [7, 11) is 0. The highest BCUT2D eigenvalue weighted by atomic mass is 35.5. The Balaban J connectivity index is 0.000000156. The molecule has 4 aromatic rings. The van der Waals surface area contributed by atoms with Gasteiger partial charge in [-0.3, -0.25) is 0 Å². The Hall–Kier alpha value is -1.30. The number of thiophene rings is 2. The SMILES string of the molecule is Cl.Clc1cccc2sccc12.c1cc(N2CCNCC2)c2ccsc2c1. The molecular formula is C20H20Cl2N2S2. The lowest BCUT2D eigenvalue weighted by molar-refractivity contribution is 0.590. The second-order valence-corrected chi connectivity index (χ2v) is 8.22. The van der Waals surface area contributed by atoms with E-state index < -0.39 is 0 Å². The van der Waals surface area contributed by atoms with Crippen molar-refractivity contribution in [3.8, 4) is 0 Å². The van der Waals surface area contributed by atoms with E-state index in [0.717, 1.165) is 36.6 Å². The molecule has 6 heteroatoms. The largest absolute Gasteiger partial charge is 0.368 e. The maximum Gasteiger partial charge on any atom is 0.0492 e. The second-order valence-electron chi connectivity index (χ2n) is 5.92. The van der Waals surface area contributed by atoms with Crippen LogP contribution in [0.5, 0.6) is 0 Å². The van der Waals surface area contributed by atoms with Crippen molar-refractivity contribution in [2.75, 3.05) is 31.1 Å². The number of hydrogen-bond acceptors (Lipinski definition) is 4. The molecule has 0 bridgehead atoms. The van der Waals surface area contributed by atoms with E-state index >= 15 is 0 Å². The highest BCUT2D eigenvalue weighted by molar-refractivity contribution is 7.17. The smallest absolute Gasteiger partial charge is 0.0492 e. The molecule has 3 heterocycles. The first-order valence-corrected chi connectivity index (χ1v) is 10.5. The number of rotatable bonds is 1. The Morgan fingerprint density at radius 3 is 2.12 bits per heavy atom. The van der Waals surface area contributed by atoms with Crippen molar-refractivity contribution in [1.82, 2.24) is 5.32 Å². The molecule has 136 valence electrons. The van der Waals surface area contributed by atoms with E-state index in [4.69, 9.17) is 11.6 Å². The van der Waals surface area contributed by atoms with Crippen LogP contribution in [0.3, 0.4) is 0 Å². The van der Waals surface area contributed by atoms with Gasteiger partial charge in [-0.05, 0) is 47.2 Å². The topological polar surface area (TPSA) is 15.3 Å². The number of hydrogen-bond donors (Lipinski definition) is 1. The molecule has 0 radical (unpaired) electrons. The van der Waals surface area contributed by atoms with Crippen LogP contribution >= 0.6 is 46.7 Å². The number of nitrogens with zero attached hydrogens (tertiary/aromatic N) is 1. The van der Waals surface area contributed by atoms with Crippen molar-refractivity contribution in [2.24, 2.45) is 0 Å². The van der Waals surface area contributed by atoms with E-state index in [1.54, 1.807) is 11.3 Å². The molecule has 1 aliphatic heterocycles. The average molecular weight is 423 g/mol. The molecule has 2 aromatic carbocycles. The standard InChI is InChI=1S/C12H14N2S.C8H5ClS.ClH/c1-2-11(14-7-5-13-6-8-14)10-4-9-15-12(10)3-1;9-7-2-1-3-8-6(7)4-5-10-8;/h1-4,9,13H,5-8H2;1-5H;1H. The normalized spacial score (nSPS) is 14.0. The quantitative estimate of drug-likeness (QED) is 0.387. The Morgan fingerprint density at radius 1 is 0.808 bits per heavy atom. The van der Waals surface area contributed by atoms with Crippen LogP contribution in [0.15, 0.2) is 59.3 Å². The van der Waals surface area contributed by atoms with Crippen LogP contribution in [0, 0.1) is 0 Å². The summed E-state index contributed by atoms with van der Waals surface area (Å²) < 4.78 is 2.65. The number of halogens is 2. The minimum atomic E-state index is 0. The fourth-order valence-electron chi connectivity index (χ4n) is 3.12. The highest BCUT2D eigenvalue weighted by Crippen LogP contribution is 2.30. The minimum absolute atomic E-state index is 0. The van der Waals surface area contributed by atoms with Gasteiger partial charge in [-0.2, -0.15) is 0 Å². The van der Waals surface area contributed by atoms with Crippen molar-refractivity contribution in [3.05, 3.63) is 64.3 Å². The number of fused-ring (bicyclic) bond motifs is 2. The summed E-state index contributed by atoms with van der Waals surface area (Å²) in [4.78, 5) is 2.48. The first-order valence-electron chi connectivity index (χ1n) is 8.36. The maximum atomic E-state index is 5.91. The molecule has 0 spiro atoms. The van der Waals surface area contributed by atoms with Crippen molar-refractivity contribution in [1.29, 1.82) is 0 Å². The van der Waals surface area contributed by atoms with E-state index in [1.165, 1.54) is 20.5 Å². The predicted molar refractivity (Wildman–Crippen MR) is 121 cm³/mol. The van der Waals surface area contributed by atoms with E-state index in [1.807, 2.05) is 29.5 Å². The lowest BCUT2D eigenvalue weighted by Gasteiger charge is -2.30. The molecule has 1 aliphatic rings. The number of nitrogens with one attached hydrogen (secondary N) is 1. The Labute approximate surface area is 172 Å². The van der Waals surface area contributed by atoms with E-state index in [0.29, 0.717) is 0 Å². The van der Waals surface area contributed by atoms with Gasteiger partial charge in [-0.15, -0.1) is 35.1 Å². The lowest BCUT2D eigenvalue weighted by atomic mass is 10.2. The van der Waals surface area contributed by atoms with Gasteiger partial charge in [0.1, 0.15) is 0 Å². The molecule has 26 heavy (non-hydrogen) atoms. The summed E-state index contributed by atoms with van der Waals surface area (Å²) in [5.74, 6) is 0.